The van der Waals surface area contributed by atoms with Crippen molar-refractivity contribution in [2.24, 2.45) is 11.7 Å². The zero-order chi connectivity index (χ0) is 15.4. The van der Waals surface area contributed by atoms with Crippen molar-refractivity contribution in [2.45, 2.75) is 31.7 Å². The van der Waals surface area contributed by atoms with E-state index in [-0.39, 0.29) is 11.9 Å². The lowest BCUT2D eigenvalue weighted by Gasteiger charge is -2.30. The van der Waals surface area contributed by atoms with Gasteiger partial charge < -0.3 is 16.0 Å². The smallest absolute Gasteiger partial charge is 0.244 e. The SMILES string of the molecule is NC[C@@H]1CCCC[C@@H]1NC(=O)C=Cc1c[nH]c2ncccc12. The maximum Gasteiger partial charge on any atom is 0.244 e. The molecule has 0 aliphatic heterocycles. The Morgan fingerprint density at radius 2 is 2.32 bits per heavy atom. The Morgan fingerprint density at radius 1 is 1.45 bits per heavy atom. The number of amides is 1. The van der Waals surface area contributed by atoms with E-state index >= 15 is 0 Å². The van der Waals surface area contributed by atoms with Crippen molar-refractivity contribution in [1.82, 2.24) is 15.3 Å². The molecule has 5 heteroatoms. The van der Waals surface area contributed by atoms with Gasteiger partial charge in [-0.15, -0.1) is 0 Å². The highest BCUT2D eigenvalue weighted by Gasteiger charge is 2.24. The van der Waals surface area contributed by atoms with Gasteiger partial charge in [-0.25, -0.2) is 4.98 Å². The fourth-order valence-corrected chi connectivity index (χ4v) is 3.19. The standard InChI is InChI=1S/C17H22N4O/c18-10-12-4-1-2-6-15(12)21-16(22)8-7-13-11-20-17-14(13)5-3-9-19-17/h3,5,7-9,11-12,15H,1-2,4,6,10,18H2,(H,19,20)(H,21,22)/t12-,15-/m0/s1. The van der Waals surface area contributed by atoms with Crippen LogP contribution in [0.5, 0.6) is 0 Å². The number of aromatic amines is 1. The van der Waals surface area contributed by atoms with Crippen LogP contribution in [0.3, 0.4) is 0 Å². The van der Waals surface area contributed by atoms with Gasteiger partial charge in [0.05, 0.1) is 0 Å². The lowest BCUT2D eigenvalue weighted by atomic mass is 9.84. The Labute approximate surface area is 130 Å². The monoisotopic (exact) mass is 298 g/mol. The summed E-state index contributed by atoms with van der Waals surface area (Å²) < 4.78 is 0. The predicted molar refractivity (Wildman–Crippen MR) is 88.1 cm³/mol. The molecular formula is C17H22N4O. The van der Waals surface area contributed by atoms with E-state index in [9.17, 15) is 4.79 Å². The van der Waals surface area contributed by atoms with Crippen LogP contribution >= 0.6 is 0 Å². The minimum absolute atomic E-state index is 0.0522. The summed E-state index contributed by atoms with van der Waals surface area (Å²) in [6.45, 7) is 0.642. The lowest BCUT2D eigenvalue weighted by molar-refractivity contribution is -0.117. The zero-order valence-electron chi connectivity index (χ0n) is 12.6. The Hall–Kier alpha value is -2.14. The maximum absolute atomic E-state index is 12.1. The Kier molecular flexibility index (Phi) is 4.53. The van der Waals surface area contributed by atoms with E-state index in [0.717, 1.165) is 29.4 Å². The molecule has 0 radical (unpaired) electrons. The molecule has 1 fully saturated rings. The first-order chi connectivity index (χ1) is 10.8. The van der Waals surface area contributed by atoms with Gasteiger partial charge in [0.2, 0.25) is 5.91 Å². The molecule has 1 aliphatic carbocycles. The number of nitrogens with zero attached hydrogens (tertiary/aromatic N) is 1. The van der Waals surface area contributed by atoms with Crippen LogP contribution in [0.1, 0.15) is 31.2 Å². The van der Waals surface area contributed by atoms with E-state index < -0.39 is 0 Å². The highest BCUT2D eigenvalue weighted by molar-refractivity contribution is 5.95. The van der Waals surface area contributed by atoms with Gasteiger partial charge in [0.15, 0.2) is 0 Å². The van der Waals surface area contributed by atoms with Gasteiger partial charge in [-0.3, -0.25) is 4.79 Å². The van der Waals surface area contributed by atoms with Crippen LogP contribution in [-0.4, -0.2) is 28.5 Å². The number of H-pyrrole nitrogens is 1. The number of aromatic nitrogens is 2. The summed E-state index contributed by atoms with van der Waals surface area (Å²) >= 11 is 0. The number of carbonyl (C=O) groups excluding carboxylic acids is 1. The summed E-state index contributed by atoms with van der Waals surface area (Å²) in [6, 6.07) is 4.09. The number of nitrogens with one attached hydrogen (secondary N) is 2. The average molecular weight is 298 g/mol. The van der Waals surface area contributed by atoms with E-state index in [1.807, 2.05) is 24.4 Å². The molecule has 2 atom stereocenters. The van der Waals surface area contributed by atoms with Gasteiger partial charge in [0.25, 0.3) is 0 Å². The Bertz CT molecular complexity index is 676. The number of fused-ring (bicyclic) bond motifs is 1. The summed E-state index contributed by atoms with van der Waals surface area (Å²) in [6.07, 6.45) is 11.6. The molecule has 0 saturated heterocycles. The fourth-order valence-electron chi connectivity index (χ4n) is 3.19. The fraction of sp³-hybridized carbons (Fsp3) is 0.412. The molecule has 1 saturated carbocycles. The van der Waals surface area contributed by atoms with Gasteiger partial charge in [-0.2, -0.15) is 0 Å². The second kappa shape index (κ2) is 6.75. The van der Waals surface area contributed by atoms with Crippen LogP contribution in [0.4, 0.5) is 0 Å². The van der Waals surface area contributed by atoms with Gasteiger partial charge in [-0.1, -0.05) is 12.8 Å². The highest BCUT2D eigenvalue weighted by Crippen LogP contribution is 2.23. The third-order valence-electron chi connectivity index (χ3n) is 4.44. The van der Waals surface area contributed by atoms with Crippen LogP contribution < -0.4 is 11.1 Å². The van der Waals surface area contributed by atoms with E-state index in [0.29, 0.717) is 12.5 Å². The van der Waals surface area contributed by atoms with Crippen molar-refractivity contribution in [2.75, 3.05) is 6.54 Å². The van der Waals surface area contributed by atoms with Crippen molar-refractivity contribution in [3.05, 3.63) is 36.2 Å². The van der Waals surface area contributed by atoms with Crippen LogP contribution in [0, 0.1) is 5.92 Å². The topological polar surface area (TPSA) is 83.8 Å². The molecule has 4 N–H and O–H groups in total. The molecule has 0 aromatic carbocycles. The van der Waals surface area contributed by atoms with Crippen LogP contribution in [0.15, 0.2) is 30.6 Å². The zero-order valence-corrected chi connectivity index (χ0v) is 12.6. The summed E-state index contributed by atoms with van der Waals surface area (Å²) in [5.74, 6) is 0.354. The first-order valence-corrected chi connectivity index (χ1v) is 7.88. The number of hydrogen-bond acceptors (Lipinski definition) is 3. The third kappa shape index (κ3) is 3.20. The average Bonchev–Trinajstić information content (AvgIpc) is 2.97. The van der Waals surface area contributed by atoms with E-state index in [1.165, 1.54) is 12.8 Å². The molecule has 1 aliphatic rings. The minimum atomic E-state index is -0.0522. The van der Waals surface area contributed by atoms with Crippen LogP contribution in [0.2, 0.25) is 0 Å². The van der Waals surface area contributed by atoms with E-state index in [4.69, 9.17) is 5.73 Å². The number of hydrogen-bond donors (Lipinski definition) is 3. The second-order valence-corrected chi connectivity index (χ2v) is 5.87. The van der Waals surface area contributed by atoms with Gasteiger partial charge in [0.1, 0.15) is 5.65 Å². The molecule has 1 amide bonds. The van der Waals surface area contributed by atoms with E-state index in [1.54, 1.807) is 12.3 Å². The second-order valence-electron chi connectivity index (χ2n) is 5.87. The quantitative estimate of drug-likeness (QED) is 0.757. The molecule has 0 bridgehead atoms. The molecule has 0 spiro atoms. The molecule has 2 aromatic heterocycles. The van der Waals surface area contributed by atoms with Crippen LogP contribution in [-0.2, 0) is 4.79 Å². The van der Waals surface area contributed by atoms with Gasteiger partial charge in [0, 0.05) is 35.5 Å². The minimum Gasteiger partial charge on any atom is -0.349 e. The summed E-state index contributed by atoms with van der Waals surface area (Å²) in [5, 5.41) is 4.12. The summed E-state index contributed by atoms with van der Waals surface area (Å²) in [7, 11) is 0. The van der Waals surface area contributed by atoms with Crippen molar-refractivity contribution in [3.8, 4) is 0 Å². The molecule has 2 aromatic rings. The molecular weight excluding hydrogens is 276 g/mol. The van der Waals surface area contributed by atoms with Crippen LogP contribution in [0.25, 0.3) is 17.1 Å². The number of rotatable bonds is 4. The Balaban J connectivity index is 1.66. The number of pyridine rings is 1. The molecule has 22 heavy (non-hydrogen) atoms. The van der Waals surface area contributed by atoms with Gasteiger partial charge in [-0.05, 0) is 43.5 Å². The van der Waals surface area contributed by atoms with E-state index in [2.05, 4.69) is 15.3 Å². The van der Waals surface area contributed by atoms with Crippen molar-refractivity contribution >= 4 is 23.0 Å². The first-order valence-electron chi connectivity index (χ1n) is 7.88. The van der Waals surface area contributed by atoms with Crippen molar-refractivity contribution < 1.29 is 4.79 Å². The largest absolute Gasteiger partial charge is 0.349 e. The molecule has 5 nitrogen and oxygen atoms in total. The highest BCUT2D eigenvalue weighted by atomic mass is 16.1. The van der Waals surface area contributed by atoms with Crippen molar-refractivity contribution in [3.63, 3.8) is 0 Å². The number of nitrogens with two attached hydrogens (primary N) is 1. The Morgan fingerprint density at radius 3 is 3.18 bits per heavy atom. The normalized spacial score (nSPS) is 22.2. The first kappa shape index (κ1) is 14.8. The maximum atomic E-state index is 12.1. The lowest BCUT2D eigenvalue weighted by Crippen LogP contribution is -2.44. The molecule has 2 heterocycles. The van der Waals surface area contributed by atoms with Gasteiger partial charge >= 0.3 is 0 Å². The summed E-state index contributed by atoms with van der Waals surface area (Å²) in [4.78, 5) is 19.5. The molecule has 0 unspecified atom stereocenters. The predicted octanol–water partition coefficient (Wildman–Crippen LogP) is 2.21. The molecule has 3 rings (SSSR count). The van der Waals surface area contributed by atoms with Crippen molar-refractivity contribution in [1.29, 1.82) is 0 Å². The third-order valence-corrected chi connectivity index (χ3v) is 4.44. The molecule has 116 valence electrons. The summed E-state index contributed by atoms with van der Waals surface area (Å²) in [5.41, 5.74) is 7.60. The number of carbonyl (C=O) groups is 1.